The number of para-hydroxylation sites is 3. The maximum absolute atomic E-state index is 13.6. The van der Waals surface area contributed by atoms with Gasteiger partial charge in [-0.05, 0) is 37.3 Å². The van der Waals surface area contributed by atoms with Crippen LogP contribution in [0.2, 0.25) is 0 Å². The number of carbonyl (C=O) groups excluding carboxylic acids is 2. The van der Waals surface area contributed by atoms with Crippen LogP contribution in [0.5, 0.6) is 5.75 Å². The van der Waals surface area contributed by atoms with E-state index in [0.29, 0.717) is 54.6 Å². The fourth-order valence-corrected chi connectivity index (χ4v) is 5.10. The molecular formula is C27H22N4O4S. The van der Waals surface area contributed by atoms with Gasteiger partial charge in [0.2, 0.25) is 0 Å². The molecule has 3 aromatic heterocycles. The molecule has 0 bridgehead atoms. The van der Waals surface area contributed by atoms with Crippen LogP contribution in [-0.2, 0) is 0 Å². The van der Waals surface area contributed by atoms with Gasteiger partial charge in [0, 0.05) is 22.2 Å². The van der Waals surface area contributed by atoms with Crippen LogP contribution in [0.25, 0.3) is 21.3 Å². The summed E-state index contributed by atoms with van der Waals surface area (Å²) in [4.78, 5) is 32.2. The summed E-state index contributed by atoms with van der Waals surface area (Å²) < 4.78 is 10.7. The SMILES string of the molecule is COc1ccccc1NC(=O)c1c(C)nc2sc(C(=O)Nc3ccccc3)c(N)c2c1-c1ccoc1. The van der Waals surface area contributed by atoms with Crippen LogP contribution < -0.4 is 21.1 Å². The van der Waals surface area contributed by atoms with E-state index in [9.17, 15) is 9.59 Å². The number of benzene rings is 2. The van der Waals surface area contributed by atoms with Crippen molar-refractivity contribution in [3.8, 4) is 16.9 Å². The second-order valence-corrected chi connectivity index (χ2v) is 8.96. The van der Waals surface area contributed by atoms with Crippen LogP contribution in [-0.4, -0.2) is 23.9 Å². The Bertz CT molecular complexity index is 1580. The largest absolute Gasteiger partial charge is 0.495 e. The number of methoxy groups -OCH3 is 1. The number of pyridine rings is 1. The molecule has 0 aliphatic carbocycles. The van der Waals surface area contributed by atoms with E-state index in [1.807, 2.05) is 24.3 Å². The highest BCUT2D eigenvalue weighted by Crippen LogP contribution is 2.42. The minimum atomic E-state index is -0.386. The van der Waals surface area contributed by atoms with Gasteiger partial charge < -0.3 is 25.5 Å². The Labute approximate surface area is 210 Å². The third kappa shape index (κ3) is 4.16. The number of anilines is 3. The summed E-state index contributed by atoms with van der Waals surface area (Å²) >= 11 is 1.18. The minimum Gasteiger partial charge on any atom is -0.495 e. The number of aryl methyl sites for hydroxylation is 1. The van der Waals surface area contributed by atoms with Gasteiger partial charge in [0.1, 0.15) is 15.5 Å². The fourth-order valence-electron chi connectivity index (χ4n) is 4.05. The Morgan fingerprint density at radius 3 is 2.47 bits per heavy atom. The monoisotopic (exact) mass is 498 g/mol. The first-order valence-electron chi connectivity index (χ1n) is 11.0. The van der Waals surface area contributed by atoms with E-state index in [2.05, 4.69) is 15.6 Å². The Hall–Kier alpha value is -4.63. The molecule has 0 saturated heterocycles. The van der Waals surface area contributed by atoms with E-state index in [1.165, 1.54) is 31.0 Å². The number of nitrogens with one attached hydrogen (secondary N) is 2. The van der Waals surface area contributed by atoms with Crippen molar-refractivity contribution in [1.82, 2.24) is 4.98 Å². The Morgan fingerprint density at radius 2 is 1.75 bits per heavy atom. The number of amides is 2. The molecule has 9 heteroatoms. The van der Waals surface area contributed by atoms with Gasteiger partial charge in [0.25, 0.3) is 11.8 Å². The number of aromatic nitrogens is 1. The van der Waals surface area contributed by atoms with E-state index < -0.39 is 0 Å². The van der Waals surface area contributed by atoms with Crippen LogP contribution in [0.4, 0.5) is 17.1 Å². The lowest BCUT2D eigenvalue weighted by atomic mass is 9.96. The summed E-state index contributed by atoms with van der Waals surface area (Å²) in [7, 11) is 1.54. The van der Waals surface area contributed by atoms with Gasteiger partial charge in [-0.1, -0.05) is 30.3 Å². The molecule has 0 fully saturated rings. The van der Waals surface area contributed by atoms with Gasteiger partial charge in [0.05, 0.1) is 42.3 Å². The summed E-state index contributed by atoms with van der Waals surface area (Å²) in [5.41, 5.74) is 9.97. The first-order chi connectivity index (χ1) is 17.5. The summed E-state index contributed by atoms with van der Waals surface area (Å²) in [5, 5.41) is 6.30. The predicted octanol–water partition coefficient (Wildman–Crippen LogP) is 5.96. The molecule has 36 heavy (non-hydrogen) atoms. The normalized spacial score (nSPS) is 10.8. The van der Waals surface area contributed by atoms with Crippen molar-refractivity contribution in [2.75, 3.05) is 23.5 Å². The van der Waals surface area contributed by atoms with Crippen molar-refractivity contribution in [3.63, 3.8) is 0 Å². The second kappa shape index (κ2) is 9.55. The zero-order chi connectivity index (χ0) is 25.2. The molecule has 0 atom stereocenters. The maximum atomic E-state index is 13.6. The highest BCUT2D eigenvalue weighted by Gasteiger charge is 2.27. The standard InChI is InChI=1S/C27H22N4O4S/c1-15-20(25(32)31-18-10-6-7-11-19(18)34-2)21(16-12-13-35-14-16)22-23(28)24(36-27(22)29-15)26(33)30-17-8-4-3-5-9-17/h3-14H,28H2,1-2H3,(H,30,33)(H,31,32). The van der Waals surface area contributed by atoms with Crippen LogP contribution >= 0.6 is 11.3 Å². The zero-order valence-electron chi connectivity index (χ0n) is 19.5. The number of hydrogen-bond donors (Lipinski definition) is 3. The number of furan rings is 1. The molecule has 5 rings (SSSR count). The molecule has 0 unspecified atom stereocenters. The quantitative estimate of drug-likeness (QED) is 0.266. The molecule has 0 aliphatic heterocycles. The lowest BCUT2D eigenvalue weighted by molar-refractivity contribution is 0.102. The lowest BCUT2D eigenvalue weighted by Crippen LogP contribution is -2.16. The van der Waals surface area contributed by atoms with Crippen molar-refractivity contribution in [3.05, 3.63) is 89.3 Å². The number of hydrogen-bond acceptors (Lipinski definition) is 7. The molecule has 0 aliphatic rings. The Balaban J connectivity index is 1.65. The highest BCUT2D eigenvalue weighted by atomic mass is 32.1. The van der Waals surface area contributed by atoms with E-state index >= 15 is 0 Å². The second-order valence-electron chi connectivity index (χ2n) is 7.96. The summed E-state index contributed by atoms with van der Waals surface area (Å²) in [6.07, 6.45) is 3.05. The van der Waals surface area contributed by atoms with Crippen LogP contribution in [0.1, 0.15) is 25.7 Å². The third-order valence-electron chi connectivity index (χ3n) is 5.69. The molecule has 0 saturated carbocycles. The number of nitrogens with zero attached hydrogens (tertiary/aromatic N) is 1. The number of nitrogens with two attached hydrogens (primary N) is 1. The lowest BCUT2D eigenvalue weighted by Gasteiger charge is -2.15. The van der Waals surface area contributed by atoms with E-state index in [0.717, 1.165) is 0 Å². The summed E-state index contributed by atoms with van der Waals surface area (Å²) in [6, 6.07) is 18.0. The minimum absolute atomic E-state index is 0.249. The van der Waals surface area contributed by atoms with Gasteiger partial charge in [-0.15, -0.1) is 11.3 Å². The van der Waals surface area contributed by atoms with Crippen molar-refractivity contribution >= 4 is 50.4 Å². The molecule has 2 aromatic carbocycles. The highest BCUT2D eigenvalue weighted by molar-refractivity contribution is 7.21. The Morgan fingerprint density at radius 1 is 1.00 bits per heavy atom. The van der Waals surface area contributed by atoms with Crippen molar-refractivity contribution in [2.24, 2.45) is 0 Å². The predicted molar refractivity (Wildman–Crippen MR) is 142 cm³/mol. The number of thiophene rings is 1. The van der Waals surface area contributed by atoms with Gasteiger partial charge in [-0.25, -0.2) is 4.98 Å². The maximum Gasteiger partial charge on any atom is 0.267 e. The molecule has 180 valence electrons. The van der Waals surface area contributed by atoms with Gasteiger partial charge in [0.15, 0.2) is 0 Å². The number of nitrogen functional groups attached to an aromatic ring is 1. The topological polar surface area (TPSA) is 119 Å². The Kier molecular flexibility index (Phi) is 6.14. The number of fused-ring (bicyclic) bond motifs is 1. The molecule has 0 spiro atoms. The first-order valence-corrected chi connectivity index (χ1v) is 11.9. The van der Waals surface area contributed by atoms with Gasteiger partial charge >= 0.3 is 0 Å². The fraction of sp³-hybridized carbons (Fsp3) is 0.0741. The van der Waals surface area contributed by atoms with Crippen molar-refractivity contribution < 1.29 is 18.7 Å². The molecule has 5 aromatic rings. The number of rotatable bonds is 6. The molecular weight excluding hydrogens is 476 g/mol. The number of carbonyl (C=O) groups is 2. The van der Waals surface area contributed by atoms with Gasteiger partial charge in [-0.2, -0.15) is 0 Å². The number of ether oxygens (including phenoxy) is 1. The molecule has 2 amide bonds. The average Bonchev–Trinajstić information content (AvgIpc) is 3.52. The van der Waals surface area contributed by atoms with Crippen LogP contribution in [0.3, 0.4) is 0 Å². The van der Waals surface area contributed by atoms with Crippen LogP contribution in [0.15, 0.2) is 77.6 Å². The van der Waals surface area contributed by atoms with Crippen LogP contribution in [0, 0.1) is 6.92 Å². The molecule has 8 nitrogen and oxygen atoms in total. The van der Waals surface area contributed by atoms with E-state index in [4.69, 9.17) is 14.9 Å². The van der Waals surface area contributed by atoms with Gasteiger partial charge in [-0.3, -0.25) is 9.59 Å². The molecule has 3 heterocycles. The smallest absolute Gasteiger partial charge is 0.267 e. The third-order valence-corrected chi connectivity index (χ3v) is 6.79. The van der Waals surface area contributed by atoms with E-state index in [1.54, 1.807) is 43.3 Å². The average molecular weight is 499 g/mol. The zero-order valence-corrected chi connectivity index (χ0v) is 20.3. The first kappa shape index (κ1) is 23.1. The van der Waals surface area contributed by atoms with Crippen molar-refractivity contribution in [1.29, 1.82) is 0 Å². The van der Waals surface area contributed by atoms with E-state index in [-0.39, 0.29) is 17.5 Å². The van der Waals surface area contributed by atoms with Crippen molar-refractivity contribution in [2.45, 2.75) is 6.92 Å². The summed E-state index contributed by atoms with van der Waals surface area (Å²) in [5.74, 6) is -0.210. The summed E-state index contributed by atoms with van der Waals surface area (Å²) in [6.45, 7) is 1.75. The molecule has 4 N–H and O–H groups in total. The molecule has 0 radical (unpaired) electrons.